The molecule has 0 bridgehead atoms. The third kappa shape index (κ3) is 5.03. The van der Waals surface area contributed by atoms with Crippen molar-refractivity contribution >= 4 is 39.1 Å². The van der Waals surface area contributed by atoms with Crippen LogP contribution in [0.4, 0.5) is 11.4 Å². The van der Waals surface area contributed by atoms with Gasteiger partial charge in [-0.1, -0.05) is 71.9 Å². The zero-order valence-corrected chi connectivity index (χ0v) is 21.8. The molecule has 0 unspecified atom stereocenters. The standard InChI is InChI=1S/C27H24N4O4S2/c1-18-11-13-19(14-12-18)16-31-22-9-5-3-7-20(22)26-24(37(31,33)34)15-28-27(30-26)36-17-25(32)29-21-8-4-6-10-23(21)35-2/h3-15H,16-17H2,1-2H3,(H,29,32). The number of ether oxygens (including phenoxy) is 1. The molecule has 0 atom stereocenters. The van der Waals surface area contributed by atoms with Crippen LogP contribution in [0.3, 0.4) is 0 Å². The largest absolute Gasteiger partial charge is 0.495 e. The number of para-hydroxylation sites is 3. The lowest BCUT2D eigenvalue weighted by Crippen LogP contribution is -2.34. The van der Waals surface area contributed by atoms with Crippen LogP contribution in [0.5, 0.6) is 5.75 Å². The number of anilines is 2. The van der Waals surface area contributed by atoms with Gasteiger partial charge in [-0.25, -0.2) is 18.4 Å². The lowest BCUT2D eigenvalue weighted by Gasteiger charge is -2.31. The van der Waals surface area contributed by atoms with Crippen molar-refractivity contribution in [3.63, 3.8) is 0 Å². The number of methoxy groups -OCH3 is 1. The summed E-state index contributed by atoms with van der Waals surface area (Å²) in [7, 11) is -2.36. The first kappa shape index (κ1) is 24.8. The highest BCUT2D eigenvalue weighted by atomic mass is 32.2. The first-order valence-electron chi connectivity index (χ1n) is 11.5. The summed E-state index contributed by atoms with van der Waals surface area (Å²) in [5.74, 6) is 0.348. The van der Waals surface area contributed by atoms with E-state index in [-0.39, 0.29) is 23.1 Å². The monoisotopic (exact) mass is 532 g/mol. The Bertz CT molecular complexity index is 1570. The van der Waals surface area contributed by atoms with Crippen molar-refractivity contribution in [1.82, 2.24) is 9.97 Å². The van der Waals surface area contributed by atoms with Crippen molar-refractivity contribution < 1.29 is 17.9 Å². The molecule has 1 aliphatic rings. The minimum atomic E-state index is -3.90. The second-order valence-corrected chi connectivity index (χ2v) is 11.2. The van der Waals surface area contributed by atoms with E-state index in [2.05, 4.69) is 15.3 Å². The van der Waals surface area contributed by atoms with Crippen molar-refractivity contribution in [2.45, 2.75) is 23.5 Å². The highest BCUT2D eigenvalue weighted by molar-refractivity contribution is 7.99. The molecule has 1 aliphatic heterocycles. The number of benzene rings is 3. The fourth-order valence-electron chi connectivity index (χ4n) is 4.04. The molecule has 0 saturated heterocycles. The molecule has 188 valence electrons. The van der Waals surface area contributed by atoms with E-state index in [1.165, 1.54) is 17.6 Å². The number of hydrogen-bond acceptors (Lipinski definition) is 7. The fourth-order valence-corrected chi connectivity index (χ4v) is 6.22. The van der Waals surface area contributed by atoms with Crippen LogP contribution in [-0.2, 0) is 21.4 Å². The first-order chi connectivity index (χ1) is 17.9. The van der Waals surface area contributed by atoms with Gasteiger partial charge in [-0.15, -0.1) is 0 Å². The molecule has 8 nitrogen and oxygen atoms in total. The van der Waals surface area contributed by atoms with E-state index < -0.39 is 10.0 Å². The van der Waals surface area contributed by atoms with Crippen molar-refractivity contribution in [1.29, 1.82) is 0 Å². The zero-order valence-electron chi connectivity index (χ0n) is 20.2. The molecule has 4 aromatic rings. The third-order valence-electron chi connectivity index (χ3n) is 5.89. The van der Waals surface area contributed by atoms with E-state index in [1.807, 2.05) is 49.4 Å². The van der Waals surface area contributed by atoms with Gasteiger partial charge in [-0.2, -0.15) is 0 Å². The van der Waals surface area contributed by atoms with Crippen molar-refractivity contribution in [3.05, 3.63) is 90.1 Å². The SMILES string of the molecule is COc1ccccc1NC(=O)CSc1ncc2c(n1)-c1ccccc1N(Cc1ccc(C)cc1)S2(=O)=O. The highest BCUT2D eigenvalue weighted by Gasteiger charge is 2.36. The molecule has 0 aliphatic carbocycles. The molecule has 37 heavy (non-hydrogen) atoms. The Labute approximate surface area is 219 Å². The number of thioether (sulfide) groups is 1. The van der Waals surface area contributed by atoms with Gasteiger partial charge in [-0.05, 0) is 30.7 Å². The number of fused-ring (bicyclic) bond motifs is 3. The molecule has 10 heteroatoms. The van der Waals surface area contributed by atoms with Gasteiger partial charge in [0.1, 0.15) is 10.6 Å². The summed E-state index contributed by atoms with van der Waals surface area (Å²) in [6.45, 7) is 2.18. The van der Waals surface area contributed by atoms with Crippen molar-refractivity contribution in [2.75, 3.05) is 22.5 Å². The average molecular weight is 533 g/mol. The van der Waals surface area contributed by atoms with E-state index in [1.54, 1.807) is 30.3 Å². The highest BCUT2D eigenvalue weighted by Crippen LogP contribution is 2.42. The van der Waals surface area contributed by atoms with Crippen molar-refractivity contribution in [2.24, 2.45) is 0 Å². The van der Waals surface area contributed by atoms with Crippen LogP contribution >= 0.6 is 11.8 Å². The quantitative estimate of drug-likeness (QED) is 0.267. The Kier molecular flexibility index (Phi) is 6.86. The van der Waals surface area contributed by atoms with Gasteiger partial charge in [0.25, 0.3) is 10.0 Å². The van der Waals surface area contributed by atoms with Gasteiger partial charge in [0.2, 0.25) is 5.91 Å². The molecule has 1 N–H and O–H groups in total. The maximum Gasteiger partial charge on any atom is 0.268 e. The number of aromatic nitrogens is 2. The molecule has 0 radical (unpaired) electrons. The molecular weight excluding hydrogens is 508 g/mol. The van der Waals surface area contributed by atoms with Gasteiger partial charge in [-0.3, -0.25) is 9.10 Å². The predicted molar refractivity (Wildman–Crippen MR) is 144 cm³/mol. The number of amides is 1. The van der Waals surface area contributed by atoms with Crippen LogP contribution in [0.2, 0.25) is 0 Å². The Morgan fingerprint density at radius 1 is 1.03 bits per heavy atom. The minimum Gasteiger partial charge on any atom is -0.495 e. The summed E-state index contributed by atoms with van der Waals surface area (Å²) in [6, 6.07) is 22.2. The number of sulfonamides is 1. The summed E-state index contributed by atoms with van der Waals surface area (Å²) in [4.78, 5) is 21.4. The predicted octanol–water partition coefficient (Wildman–Crippen LogP) is 4.90. The number of rotatable bonds is 7. The van der Waals surface area contributed by atoms with Gasteiger partial charge >= 0.3 is 0 Å². The Morgan fingerprint density at radius 2 is 1.76 bits per heavy atom. The number of carbonyl (C=O) groups is 1. The molecule has 5 rings (SSSR count). The smallest absolute Gasteiger partial charge is 0.268 e. The maximum atomic E-state index is 13.6. The molecule has 2 heterocycles. The Balaban J connectivity index is 1.40. The van der Waals surface area contributed by atoms with Crippen LogP contribution in [0, 0.1) is 6.92 Å². The van der Waals surface area contributed by atoms with Crippen LogP contribution in [0.15, 0.2) is 89.0 Å². The van der Waals surface area contributed by atoms with E-state index in [9.17, 15) is 13.2 Å². The molecule has 0 fully saturated rings. The number of nitrogens with zero attached hydrogens (tertiary/aromatic N) is 3. The van der Waals surface area contributed by atoms with Gasteiger partial charge in [0.05, 0.1) is 42.7 Å². The van der Waals surface area contributed by atoms with Crippen LogP contribution < -0.4 is 14.4 Å². The fraction of sp³-hybridized carbons (Fsp3) is 0.148. The number of aryl methyl sites for hydroxylation is 1. The van der Waals surface area contributed by atoms with Crippen LogP contribution in [0.1, 0.15) is 11.1 Å². The summed E-state index contributed by atoms with van der Waals surface area (Å²) >= 11 is 1.13. The van der Waals surface area contributed by atoms with Gasteiger partial charge < -0.3 is 10.1 Å². The Hall–Kier alpha value is -3.89. The molecule has 1 aromatic heterocycles. The minimum absolute atomic E-state index is 0.0427. The molecular formula is C27H24N4O4S2. The lowest BCUT2D eigenvalue weighted by atomic mass is 10.1. The van der Waals surface area contributed by atoms with Gasteiger partial charge in [0, 0.05) is 5.56 Å². The van der Waals surface area contributed by atoms with Crippen LogP contribution in [0.25, 0.3) is 11.3 Å². The second-order valence-electron chi connectivity index (χ2n) is 8.42. The van der Waals surface area contributed by atoms with Crippen LogP contribution in [-0.4, -0.2) is 37.2 Å². The lowest BCUT2D eigenvalue weighted by molar-refractivity contribution is -0.113. The topological polar surface area (TPSA) is 101 Å². The number of hydrogen-bond donors (Lipinski definition) is 1. The molecule has 0 saturated carbocycles. The Morgan fingerprint density at radius 3 is 2.54 bits per heavy atom. The van der Waals surface area contributed by atoms with E-state index in [0.717, 1.165) is 22.9 Å². The summed E-state index contributed by atoms with van der Waals surface area (Å²) in [5.41, 5.74) is 4.13. The first-order valence-corrected chi connectivity index (χ1v) is 13.9. The zero-order chi connectivity index (χ0) is 26.0. The number of carbonyl (C=O) groups excluding carboxylic acids is 1. The summed E-state index contributed by atoms with van der Waals surface area (Å²) in [6.07, 6.45) is 1.33. The number of nitrogens with one attached hydrogen (secondary N) is 1. The van der Waals surface area contributed by atoms with Crippen molar-refractivity contribution in [3.8, 4) is 17.0 Å². The summed E-state index contributed by atoms with van der Waals surface area (Å²) in [5, 5.41) is 3.12. The third-order valence-corrected chi connectivity index (χ3v) is 8.51. The van der Waals surface area contributed by atoms with Gasteiger partial charge in [0.15, 0.2) is 5.16 Å². The molecule has 3 aromatic carbocycles. The second kappa shape index (κ2) is 10.2. The van der Waals surface area contributed by atoms with E-state index >= 15 is 0 Å². The van der Waals surface area contributed by atoms with E-state index in [0.29, 0.717) is 33.5 Å². The summed E-state index contributed by atoms with van der Waals surface area (Å²) < 4.78 is 33.9. The molecule has 0 spiro atoms. The molecule has 1 amide bonds. The average Bonchev–Trinajstić information content (AvgIpc) is 2.91. The maximum absolute atomic E-state index is 13.6. The normalized spacial score (nSPS) is 13.4. The van der Waals surface area contributed by atoms with E-state index in [4.69, 9.17) is 4.74 Å².